The molecule has 0 aliphatic heterocycles. The van der Waals surface area contributed by atoms with Crippen molar-refractivity contribution >= 4 is 15.5 Å². The van der Waals surface area contributed by atoms with E-state index in [0.29, 0.717) is 11.4 Å². The molecule has 18 heavy (non-hydrogen) atoms. The second-order valence-corrected chi connectivity index (χ2v) is 6.89. The molecule has 1 atom stereocenters. The molecule has 0 radical (unpaired) electrons. The Morgan fingerprint density at radius 1 is 1.28 bits per heavy atom. The molecule has 0 saturated carbocycles. The van der Waals surface area contributed by atoms with Crippen LogP contribution in [0.4, 0.5) is 5.69 Å². The number of nitrogens with one attached hydrogen (secondary N) is 1. The van der Waals surface area contributed by atoms with E-state index in [1.165, 1.54) is 6.26 Å². The third-order valence-electron chi connectivity index (χ3n) is 3.21. The van der Waals surface area contributed by atoms with Crippen LogP contribution < -0.4 is 11.1 Å². The molecule has 1 aromatic carbocycles. The second-order valence-electron chi connectivity index (χ2n) is 4.87. The third-order valence-corrected chi connectivity index (χ3v) is 4.33. The second kappa shape index (κ2) is 5.71. The zero-order valence-electron chi connectivity index (χ0n) is 11.2. The first-order valence-corrected chi connectivity index (χ1v) is 7.98. The van der Waals surface area contributed by atoms with Gasteiger partial charge in [-0.1, -0.05) is 6.92 Å². The van der Waals surface area contributed by atoms with Gasteiger partial charge in [0.2, 0.25) is 0 Å². The normalized spacial score (nSPS) is 15.1. The maximum atomic E-state index is 11.4. The van der Waals surface area contributed by atoms with Gasteiger partial charge in [-0.2, -0.15) is 0 Å². The Morgan fingerprint density at radius 2 is 1.83 bits per heavy atom. The smallest absolute Gasteiger partial charge is 0.175 e. The Bertz CT molecular complexity index is 482. The van der Waals surface area contributed by atoms with Gasteiger partial charge in [-0.05, 0) is 50.6 Å². The summed E-state index contributed by atoms with van der Waals surface area (Å²) in [6.07, 6.45) is 3.04. The number of benzene rings is 1. The summed E-state index contributed by atoms with van der Waals surface area (Å²) in [4.78, 5) is 0.338. The summed E-state index contributed by atoms with van der Waals surface area (Å²) >= 11 is 0. The first kappa shape index (κ1) is 15.0. The van der Waals surface area contributed by atoms with Crippen molar-refractivity contribution in [2.24, 2.45) is 5.73 Å². The minimum Gasteiger partial charge on any atom is -0.380 e. The maximum Gasteiger partial charge on any atom is 0.175 e. The van der Waals surface area contributed by atoms with Gasteiger partial charge in [-0.15, -0.1) is 0 Å². The van der Waals surface area contributed by atoms with Crippen LogP contribution in [0.3, 0.4) is 0 Å². The molecule has 0 aliphatic rings. The van der Waals surface area contributed by atoms with Gasteiger partial charge in [0.1, 0.15) is 0 Å². The average molecular weight is 270 g/mol. The number of anilines is 1. The van der Waals surface area contributed by atoms with Crippen LogP contribution in [-0.2, 0) is 9.84 Å². The van der Waals surface area contributed by atoms with Crippen molar-refractivity contribution in [1.82, 2.24) is 0 Å². The zero-order valence-corrected chi connectivity index (χ0v) is 12.0. The molecule has 1 aromatic rings. The van der Waals surface area contributed by atoms with Crippen molar-refractivity contribution < 1.29 is 8.42 Å². The standard InChI is InChI=1S/C13H22N2O2S/c1-4-13(2,9-10-14)15-11-5-7-12(8-6-11)18(3,16)17/h5-8,15H,4,9-10,14H2,1-3H3. The molecule has 0 heterocycles. The highest BCUT2D eigenvalue weighted by Gasteiger charge is 2.20. The number of hydrogen-bond donors (Lipinski definition) is 2. The van der Waals surface area contributed by atoms with Crippen molar-refractivity contribution in [3.05, 3.63) is 24.3 Å². The van der Waals surface area contributed by atoms with Gasteiger partial charge in [0.05, 0.1) is 4.90 Å². The minimum atomic E-state index is -3.13. The van der Waals surface area contributed by atoms with E-state index in [2.05, 4.69) is 19.2 Å². The number of nitrogens with two attached hydrogens (primary N) is 1. The van der Waals surface area contributed by atoms with Gasteiger partial charge in [0.25, 0.3) is 0 Å². The lowest BCUT2D eigenvalue weighted by atomic mass is 9.94. The van der Waals surface area contributed by atoms with E-state index in [4.69, 9.17) is 5.73 Å². The van der Waals surface area contributed by atoms with Gasteiger partial charge in [0.15, 0.2) is 9.84 Å². The Kier molecular flexibility index (Phi) is 4.76. The van der Waals surface area contributed by atoms with Crippen LogP contribution >= 0.6 is 0 Å². The molecule has 1 rings (SSSR count). The summed E-state index contributed by atoms with van der Waals surface area (Å²) < 4.78 is 22.7. The molecule has 102 valence electrons. The summed E-state index contributed by atoms with van der Waals surface area (Å²) in [5.41, 5.74) is 6.47. The first-order valence-electron chi connectivity index (χ1n) is 6.09. The van der Waals surface area contributed by atoms with Crippen LogP contribution in [0.5, 0.6) is 0 Å². The lowest BCUT2D eigenvalue weighted by Gasteiger charge is -2.30. The lowest BCUT2D eigenvalue weighted by molar-refractivity contribution is 0.463. The highest BCUT2D eigenvalue weighted by Crippen LogP contribution is 2.22. The van der Waals surface area contributed by atoms with Gasteiger partial charge in [0, 0.05) is 17.5 Å². The molecule has 0 fully saturated rings. The van der Waals surface area contributed by atoms with Crippen LogP contribution in [0.15, 0.2) is 29.2 Å². The van der Waals surface area contributed by atoms with Crippen LogP contribution in [0.2, 0.25) is 0 Å². The highest BCUT2D eigenvalue weighted by atomic mass is 32.2. The van der Waals surface area contributed by atoms with Gasteiger partial charge >= 0.3 is 0 Å². The average Bonchev–Trinajstić information content (AvgIpc) is 2.29. The van der Waals surface area contributed by atoms with Gasteiger partial charge in [-0.3, -0.25) is 0 Å². The van der Waals surface area contributed by atoms with Crippen molar-refractivity contribution in [3.8, 4) is 0 Å². The maximum absolute atomic E-state index is 11.4. The number of rotatable bonds is 6. The monoisotopic (exact) mass is 270 g/mol. The molecule has 1 unspecified atom stereocenters. The van der Waals surface area contributed by atoms with E-state index >= 15 is 0 Å². The Labute approximate surface area is 110 Å². The fraction of sp³-hybridized carbons (Fsp3) is 0.538. The van der Waals surface area contributed by atoms with E-state index in [1.807, 2.05) is 0 Å². The predicted octanol–water partition coefficient (Wildman–Crippen LogP) is 2.02. The molecular weight excluding hydrogens is 248 g/mol. The highest BCUT2D eigenvalue weighted by molar-refractivity contribution is 7.90. The molecule has 0 spiro atoms. The van der Waals surface area contributed by atoms with Crippen LogP contribution in [0.1, 0.15) is 26.7 Å². The van der Waals surface area contributed by atoms with Crippen LogP contribution in [0.25, 0.3) is 0 Å². The van der Waals surface area contributed by atoms with E-state index in [9.17, 15) is 8.42 Å². The minimum absolute atomic E-state index is 0.0542. The molecule has 5 heteroatoms. The number of hydrogen-bond acceptors (Lipinski definition) is 4. The summed E-state index contributed by atoms with van der Waals surface area (Å²) in [7, 11) is -3.13. The van der Waals surface area contributed by atoms with Crippen LogP contribution in [-0.4, -0.2) is 26.8 Å². The Hall–Kier alpha value is -1.07. The summed E-state index contributed by atoms with van der Waals surface area (Å²) in [5.74, 6) is 0. The van der Waals surface area contributed by atoms with Gasteiger partial charge in [-0.25, -0.2) is 8.42 Å². The van der Waals surface area contributed by atoms with E-state index in [1.54, 1.807) is 24.3 Å². The topological polar surface area (TPSA) is 72.2 Å². The molecule has 0 amide bonds. The van der Waals surface area contributed by atoms with E-state index in [-0.39, 0.29) is 5.54 Å². The summed E-state index contributed by atoms with van der Waals surface area (Å²) in [6, 6.07) is 6.83. The lowest BCUT2D eigenvalue weighted by Crippen LogP contribution is -2.36. The first-order chi connectivity index (χ1) is 8.30. The largest absolute Gasteiger partial charge is 0.380 e. The fourth-order valence-corrected chi connectivity index (χ4v) is 2.41. The molecule has 3 N–H and O–H groups in total. The van der Waals surface area contributed by atoms with Crippen LogP contribution in [0, 0.1) is 0 Å². The molecule has 4 nitrogen and oxygen atoms in total. The number of sulfone groups is 1. The molecule has 0 aromatic heterocycles. The van der Waals surface area contributed by atoms with Gasteiger partial charge < -0.3 is 11.1 Å². The summed E-state index contributed by atoms with van der Waals surface area (Å²) in [6.45, 7) is 4.84. The van der Waals surface area contributed by atoms with E-state index in [0.717, 1.165) is 18.5 Å². The fourth-order valence-electron chi connectivity index (χ4n) is 1.78. The predicted molar refractivity (Wildman–Crippen MR) is 75.5 cm³/mol. The van der Waals surface area contributed by atoms with Crippen molar-refractivity contribution in [3.63, 3.8) is 0 Å². The van der Waals surface area contributed by atoms with Crippen molar-refractivity contribution in [2.45, 2.75) is 37.1 Å². The van der Waals surface area contributed by atoms with Crippen molar-refractivity contribution in [1.29, 1.82) is 0 Å². The molecule has 0 bridgehead atoms. The summed E-state index contributed by atoms with van der Waals surface area (Å²) in [5, 5.41) is 3.41. The van der Waals surface area contributed by atoms with Crippen molar-refractivity contribution in [2.75, 3.05) is 18.1 Å². The molecule has 0 aliphatic carbocycles. The zero-order chi connectivity index (χ0) is 13.8. The molecular formula is C13H22N2O2S. The quantitative estimate of drug-likeness (QED) is 0.829. The van der Waals surface area contributed by atoms with E-state index < -0.39 is 9.84 Å². The Morgan fingerprint density at radius 3 is 2.22 bits per heavy atom. The Balaban J connectivity index is 2.87. The third kappa shape index (κ3) is 3.99. The SMILES string of the molecule is CCC(C)(CCN)Nc1ccc(S(C)(=O)=O)cc1. The molecule has 0 saturated heterocycles.